The van der Waals surface area contributed by atoms with Crippen molar-refractivity contribution in [2.24, 2.45) is 0 Å². The minimum atomic E-state index is 0.374. The summed E-state index contributed by atoms with van der Waals surface area (Å²) in [6, 6.07) is 2.36. The van der Waals surface area contributed by atoms with Crippen LogP contribution in [-0.4, -0.2) is 37.8 Å². The molecule has 1 aliphatic rings. The second kappa shape index (κ2) is 5.31. The van der Waals surface area contributed by atoms with Crippen molar-refractivity contribution in [2.45, 2.75) is 19.4 Å². The van der Waals surface area contributed by atoms with E-state index in [1.807, 2.05) is 30.1 Å². The monoisotopic (exact) mass is 358 g/mol. The fourth-order valence-electron chi connectivity index (χ4n) is 2.98. The van der Waals surface area contributed by atoms with E-state index in [0.717, 1.165) is 46.5 Å². The molecule has 0 aliphatic carbocycles. The molecule has 4 heterocycles. The topological polar surface area (TPSA) is 59.7 Å². The van der Waals surface area contributed by atoms with Gasteiger partial charge in [0, 0.05) is 30.9 Å². The molecule has 4 rings (SSSR count). The fraction of sp³-hybridized carbons (Fsp3) is 0.333. The van der Waals surface area contributed by atoms with E-state index >= 15 is 0 Å². The predicted molar refractivity (Wildman–Crippen MR) is 87.9 cm³/mol. The van der Waals surface area contributed by atoms with Crippen LogP contribution < -0.4 is 4.90 Å². The zero-order valence-electron chi connectivity index (χ0n) is 12.1. The lowest BCUT2D eigenvalue weighted by atomic mass is 10.2. The van der Waals surface area contributed by atoms with E-state index in [0.29, 0.717) is 6.04 Å². The Kier molecular flexibility index (Phi) is 3.29. The number of aryl methyl sites for hydroxylation is 1. The number of pyridine rings is 1. The summed E-state index contributed by atoms with van der Waals surface area (Å²) in [5, 5.41) is 5.46. The summed E-state index contributed by atoms with van der Waals surface area (Å²) >= 11 is 3.46. The van der Waals surface area contributed by atoms with Crippen LogP contribution in [0.25, 0.3) is 10.9 Å². The number of halogens is 1. The van der Waals surface area contributed by atoms with Crippen molar-refractivity contribution < 1.29 is 0 Å². The van der Waals surface area contributed by atoms with Crippen LogP contribution in [0.1, 0.15) is 18.3 Å². The van der Waals surface area contributed by atoms with E-state index in [1.54, 1.807) is 12.4 Å². The molecule has 0 radical (unpaired) electrons. The van der Waals surface area contributed by atoms with Gasteiger partial charge in [0.2, 0.25) is 0 Å². The number of hydrogen-bond donors (Lipinski definition) is 0. The number of anilines is 1. The van der Waals surface area contributed by atoms with Crippen LogP contribution in [0, 0.1) is 6.92 Å². The van der Waals surface area contributed by atoms with Crippen molar-refractivity contribution in [1.29, 1.82) is 0 Å². The van der Waals surface area contributed by atoms with Crippen LogP contribution >= 0.6 is 15.9 Å². The smallest absolute Gasteiger partial charge is 0.140 e. The number of rotatable bonds is 2. The molecule has 7 heteroatoms. The van der Waals surface area contributed by atoms with E-state index in [1.165, 1.54) is 0 Å². The Morgan fingerprint density at radius 2 is 2.18 bits per heavy atom. The average molecular weight is 359 g/mol. The Morgan fingerprint density at radius 1 is 1.27 bits per heavy atom. The highest BCUT2D eigenvalue weighted by Crippen LogP contribution is 2.30. The van der Waals surface area contributed by atoms with Crippen molar-refractivity contribution in [1.82, 2.24) is 24.7 Å². The summed E-state index contributed by atoms with van der Waals surface area (Å²) < 4.78 is 3.04. The molecular weight excluding hydrogens is 344 g/mol. The van der Waals surface area contributed by atoms with Crippen LogP contribution in [-0.2, 0) is 0 Å². The Labute approximate surface area is 136 Å². The van der Waals surface area contributed by atoms with Gasteiger partial charge in [-0.2, -0.15) is 5.10 Å². The zero-order chi connectivity index (χ0) is 15.1. The second-order valence-corrected chi connectivity index (χ2v) is 6.43. The molecule has 0 bridgehead atoms. The average Bonchev–Trinajstić information content (AvgIpc) is 3.15. The van der Waals surface area contributed by atoms with Gasteiger partial charge in [-0.1, -0.05) is 0 Å². The largest absolute Gasteiger partial charge is 0.354 e. The molecule has 1 fully saturated rings. The highest BCUT2D eigenvalue weighted by atomic mass is 79.9. The van der Waals surface area contributed by atoms with E-state index in [4.69, 9.17) is 0 Å². The number of nitrogens with zero attached hydrogens (tertiary/aromatic N) is 6. The molecule has 0 N–H and O–H groups in total. The van der Waals surface area contributed by atoms with Crippen molar-refractivity contribution >= 4 is 32.7 Å². The maximum atomic E-state index is 4.66. The Hall–Kier alpha value is -2.02. The summed E-state index contributed by atoms with van der Waals surface area (Å²) in [5.74, 6) is 1.78. The molecule has 3 aromatic rings. The maximum Gasteiger partial charge on any atom is 0.140 e. The SMILES string of the molecule is Cc1nc(N2CCC(n3cc(Br)cn3)C2)c2ccncc2n1. The van der Waals surface area contributed by atoms with Gasteiger partial charge in [-0.3, -0.25) is 9.67 Å². The molecule has 0 spiro atoms. The Morgan fingerprint density at radius 3 is 3.00 bits per heavy atom. The van der Waals surface area contributed by atoms with Crippen LogP contribution in [0.5, 0.6) is 0 Å². The number of aromatic nitrogens is 5. The van der Waals surface area contributed by atoms with Gasteiger partial charge in [0.25, 0.3) is 0 Å². The predicted octanol–water partition coefficient (Wildman–Crippen LogP) is 2.74. The van der Waals surface area contributed by atoms with Crippen molar-refractivity contribution in [3.8, 4) is 0 Å². The van der Waals surface area contributed by atoms with Crippen molar-refractivity contribution in [2.75, 3.05) is 18.0 Å². The standard InChI is InChI=1S/C15H15BrN6/c1-10-19-14-7-17-4-2-13(14)15(20-10)21-5-3-12(9-21)22-8-11(16)6-18-22/h2,4,6-8,12H,3,5,9H2,1H3. The minimum absolute atomic E-state index is 0.374. The summed E-state index contributed by atoms with van der Waals surface area (Å²) in [4.78, 5) is 15.6. The Bertz CT molecular complexity index is 830. The lowest BCUT2D eigenvalue weighted by Crippen LogP contribution is -2.23. The lowest BCUT2D eigenvalue weighted by Gasteiger charge is -2.19. The van der Waals surface area contributed by atoms with Gasteiger partial charge in [0.15, 0.2) is 0 Å². The maximum absolute atomic E-state index is 4.66. The summed E-state index contributed by atoms with van der Waals surface area (Å²) in [5.41, 5.74) is 0.898. The molecule has 0 amide bonds. The van der Waals surface area contributed by atoms with Crippen molar-refractivity contribution in [3.05, 3.63) is 41.2 Å². The van der Waals surface area contributed by atoms with Crippen LogP contribution in [0.15, 0.2) is 35.3 Å². The van der Waals surface area contributed by atoms with Gasteiger partial charge in [0.1, 0.15) is 11.6 Å². The molecule has 22 heavy (non-hydrogen) atoms. The van der Waals surface area contributed by atoms with Gasteiger partial charge in [-0.25, -0.2) is 9.97 Å². The first-order valence-corrected chi connectivity index (χ1v) is 8.03. The molecule has 1 aliphatic heterocycles. The number of fused-ring (bicyclic) bond motifs is 1. The van der Waals surface area contributed by atoms with Crippen LogP contribution in [0.4, 0.5) is 5.82 Å². The molecule has 0 aromatic carbocycles. The van der Waals surface area contributed by atoms with Crippen LogP contribution in [0.2, 0.25) is 0 Å². The summed E-state index contributed by atoms with van der Waals surface area (Å²) in [7, 11) is 0. The van der Waals surface area contributed by atoms with Crippen LogP contribution in [0.3, 0.4) is 0 Å². The molecule has 1 saturated heterocycles. The quantitative estimate of drug-likeness (QED) is 0.704. The Balaban J connectivity index is 1.68. The van der Waals surface area contributed by atoms with Gasteiger partial charge in [-0.15, -0.1) is 0 Å². The third-order valence-corrected chi connectivity index (χ3v) is 4.41. The van der Waals surface area contributed by atoms with E-state index < -0.39 is 0 Å². The lowest BCUT2D eigenvalue weighted by molar-refractivity contribution is 0.494. The normalized spacial score (nSPS) is 18.3. The third-order valence-electron chi connectivity index (χ3n) is 4.00. The molecule has 1 atom stereocenters. The van der Waals surface area contributed by atoms with E-state index in [9.17, 15) is 0 Å². The molecule has 112 valence electrons. The highest BCUT2D eigenvalue weighted by molar-refractivity contribution is 9.10. The van der Waals surface area contributed by atoms with Crippen molar-refractivity contribution in [3.63, 3.8) is 0 Å². The first-order valence-electron chi connectivity index (χ1n) is 7.23. The first kappa shape index (κ1) is 13.6. The second-order valence-electron chi connectivity index (χ2n) is 5.51. The van der Waals surface area contributed by atoms with E-state index in [-0.39, 0.29) is 0 Å². The zero-order valence-corrected chi connectivity index (χ0v) is 13.7. The van der Waals surface area contributed by atoms with Gasteiger partial charge in [0.05, 0.1) is 28.4 Å². The number of hydrogen-bond acceptors (Lipinski definition) is 5. The molecule has 3 aromatic heterocycles. The van der Waals surface area contributed by atoms with Gasteiger partial charge < -0.3 is 4.90 Å². The molecular formula is C15H15BrN6. The first-order chi connectivity index (χ1) is 10.7. The van der Waals surface area contributed by atoms with Gasteiger partial charge >= 0.3 is 0 Å². The van der Waals surface area contributed by atoms with Gasteiger partial charge in [-0.05, 0) is 35.3 Å². The molecule has 1 unspecified atom stereocenters. The fourth-order valence-corrected chi connectivity index (χ4v) is 3.28. The van der Waals surface area contributed by atoms with E-state index in [2.05, 4.69) is 40.9 Å². The molecule has 6 nitrogen and oxygen atoms in total. The minimum Gasteiger partial charge on any atom is -0.354 e. The third kappa shape index (κ3) is 2.35. The summed E-state index contributed by atoms with van der Waals surface area (Å²) in [6.45, 7) is 3.80. The highest BCUT2D eigenvalue weighted by Gasteiger charge is 2.26. The summed E-state index contributed by atoms with van der Waals surface area (Å²) in [6.07, 6.45) is 8.51. The molecule has 0 saturated carbocycles.